The fourth-order valence-corrected chi connectivity index (χ4v) is 3.95. The highest BCUT2D eigenvalue weighted by Crippen LogP contribution is 2.35. The zero-order chi connectivity index (χ0) is 30.0. The number of pyridine rings is 1. The molecule has 16 heteroatoms. The summed E-state index contributed by atoms with van der Waals surface area (Å²) in [7, 11) is -4.82. The number of phosphoric acid groups is 1. The first-order valence-corrected chi connectivity index (χ1v) is 13.7. The number of carbonyl (C=O) groups is 2. The average molecular weight is 598 g/mol. The molecule has 0 spiro atoms. The van der Waals surface area contributed by atoms with Gasteiger partial charge in [-0.25, -0.2) is 28.6 Å². The van der Waals surface area contributed by atoms with Crippen molar-refractivity contribution in [3.8, 4) is 0 Å². The van der Waals surface area contributed by atoms with Crippen LogP contribution < -0.4 is 10.7 Å². The Bertz CT molecular complexity index is 1390. The van der Waals surface area contributed by atoms with E-state index in [1.54, 1.807) is 12.3 Å². The van der Waals surface area contributed by atoms with E-state index in [1.807, 2.05) is 24.3 Å². The molecule has 41 heavy (non-hydrogen) atoms. The Morgan fingerprint density at radius 2 is 1.78 bits per heavy atom. The first-order chi connectivity index (χ1) is 19.4. The van der Waals surface area contributed by atoms with Gasteiger partial charge < -0.3 is 24.4 Å². The maximum atomic E-state index is 14.1. The van der Waals surface area contributed by atoms with Crippen LogP contribution in [0.3, 0.4) is 0 Å². The predicted octanol–water partition coefficient (Wildman–Crippen LogP) is 2.47. The third-order valence-electron chi connectivity index (χ3n) is 5.50. The van der Waals surface area contributed by atoms with E-state index in [0.717, 1.165) is 21.8 Å². The molecule has 0 aliphatic rings. The number of ether oxygens (including phenoxy) is 2. The molecule has 2 amide bonds. The molecule has 222 valence electrons. The van der Waals surface area contributed by atoms with Gasteiger partial charge in [0.25, 0.3) is 0 Å². The van der Waals surface area contributed by atoms with Crippen LogP contribution >= 0.6 is 7.82 Å². The first-order valence-electron chi connectivity index (χ1n) is 12.1. The van der Waals surface area contributed by atoms with Crippen molar-refractivity contribution in [3.63, 3.8) is 0 Å². The number of nitrogens with one attached hydrogen (secondary N) is 2. The van der Waals surface area contributed by atoms with Crippen molar-refractivity contribution in [2.24, 2.45) is 0 Å². The number of hydrogen-bond donors (Lipinski definition) is 5. The lowest BCUT2D eigenvalue weighted by Crippen LogP contribution is -2.52. The van der Waals surface area contributed by atoms with Gasteiger partial charge in [0, 0.05) is 30.6 Å². The summed E-state index contributed by atoms with van der Waals surface area (Å²) in [5, 5.41) is 15.0. The van der Waals surface area contributed by atoms with E-state index in [0.29, 0.717) is 0 Å². The molecule has 2 atom stereocenters. The Labute approximate surface area is 233 Å². The molecule has 0 saturated carbocycles. The Hall–Kier alpha value is -3.56. The van der Waals surface area contributed by atoms with Gasteiger partial charge in [0.15, 0.2) is 11.6 Å². The molecule has 0 radical (unpaired) electrons. The van der Waals surface area contributed by atoms with Crippen molar-refractivity contribution in [2.45, 2.75) is 25.6 Å². The number of fused-ring (bicyclic) bond motifs is 1. The summed E-state index contributed by atoms with van der Waals surface area (Å²) in [5.74, 6) is -2.57. The van der Waals surface area contributed by atoms with Crippen LogP contribution in [0, 0.1) is 11.6 Å². The molecule has 0 aliphatic carbocycles. The summed E-state index contributed by atoms with van der Waals surface area (Å²) in [6, 6.07) is 11.5. The van der Waals surface area contributed by atoms with Gasteiger partial charge in [0.1, 0.15) is 24.6 Å². The SMILES string of the molecule is CC(=O)N(NCc1cccc(F)c1F)[C@@H](COCC(O)COP(=O)(O)O)COC(=O)Nc1cc2ccccc2cn1. The number of hydrogen-bond acceptors (Lipinski definition) is 9. The minimum Gasteiger partial charge on any atom is -0.447 e. The fraction of sp³-hybridized carbons (Fsp3) is 0.320. The normalized spacial score (nSPS) is 13.0. The lowest BCUT2D eigenvalue weighted by Gasteiger charge is -2.31. The lowest BCUT2D eigenvalue weighted by atomic mass is 10.2. The molecule has 2 aromatic carbocycles. The molecule has 0 saturated heterocycles. The van der Waals surface area contributed by atoms with Crippen LogP contribution in [0.1, 0.15) is 12.5 Å². The fourth-order valence-electron chi connectivity index (χ4n) is 3.59. The Kier molecular flexibility index (Phi) is 11.6. The summed E-state index contributed by atoms with van der Waals surface area (Å²) in [4.78, 5) is 46.6. The summed E-state index contributed by atoms with van der Waals surface area (Å²) in [6.07, 6.45) is -0.783. The zero-order valence-corrected chi connectivity index (χ0v) is 22.7. The maximum absolute atomic E-state index is 14.1. The van der Waals surface area contributed by atoms with E-state index in [-0.39, 0.29) is 24.5 Å². The van der Waals surface area contributed by atoms with E-state index in [4.69, 9.17) is 19.3 Å². The first kappa shape index (κ1) is 32.0. The van der Waals surface area contributed by atoms with E-state index in [9.17, 15) is 28.0 Å². The van der Waals surface area contributed by atoms with Gasteiger partial charge in [0.05, 0.1) is 19.8 Å². The summed E-state index contributed by atoms with van der Waals surface area (Å²) < 4.78 is 53.4. The van der Waals surface area contributed by atoms with Crippen molar-refractivity contribution >= 4 is 36.4 Å². The molecule has 3 rings (SSSR count). The smallest absolute Gasteiger partial charge is 0.447 e. The van der Waals surface area contributed by atoms with Crippen molar-refractivity contribution in [1.82, 2.24) is 15.4 Å². The van der Waals surface area contributed by atoms with Crippen LogP contribution in [-0.2, 0) is 29.9 Å². The quantitative estimate of drug-likeness (QED) is 0.136. The lowest BCUT2D eigenvalue weighted by molar-refractivity contribution is -0.139. The maximum Gasteiger partial charge on any atom is 0.469 e. The van der Waals surface area contributed by atoms with Gasteiger partial charge in [0.2, 0.25) is 5.91 Å². The topological polar surface area (TPSA) is 180 Å². The van der Waals surface area contributed by atoms with Crippen molar-refractivity contribution in [1.29, 1.82) is 0 Å². The van der Waals surface area contributed by atoms with Gasteiger partial charge in [-0.15, -0.1) is 0 Å². The molecule has 1 aromatic heterocycles. The monoisotopic (exact) mass is 598 g/mol. The number of rotatable bonds is 14. The van der Waals surface area contributed by atoms with Gasteiger partial charge in [-0.2, -0.15) is 0 Å². The molecular formula is C25H29F2N4O9P. The molecule has 1 heterocycles. The van der Waals surface area contributed by atoms with E-state index >= 15 is 0 Å². The summed E-state index contributed by atoms with van der Waals surface area (Å²) in [5.41, 5.74) is 2.58. The molecular weight excluding hydrogens is 569 g/mol. The zero-order valence-electron chi connectivity index (χ0n) is 21.8. The highest BCUT2D eigenvalue weighted by molar-refractivity contribution is 7.46. The van der Waals surface area contributed by atoms with Crippen LogP contribution in [0.5, 0.6) is 0 Å². The number of carbonyl (C=O) groups excluding carboxylic acids is 2. The van der Waals surface area contributed by atoms with Gasteiger partial charge in [-0.05, 0) is 17.5 Å². The number of aromatic nitrogens is 1. The molecule has 0 aliphatic heterocycles. The average Bonchev–Trinajstić information content (AvgIpc) is 2.91. The second-order valence-corrected chi connectivity index (χ2v) is 9.95. The van der Waals surface area contributed by atoms with Crippen LogP contribution in [0.4, 0.5) is 19.4 Å². The van der Waals surface area contributed by atoms with Crippen molar-refractivity contribution in [2.75, 3.05) is 31.7 Å². The van der Waals surface area contributed by atoms with Gasteiger partial charge in [-0.3, -0.25) is 19.6 Å². The summed E-state index contributed by atoms with van der Waals surface area (Å²) >= 11 is 0. The van der Waals surface area contributed by atoms with E-state index in [2.05, 4.69) is 20.3 Å². The minimum absolute atomic E-state index is 0.0815. The standard InChI is InChI=1S/C25H29F2N4O9P/c1-16(32)31(29-11-19-7-4-8-22(26)24(19)27)20(12-38-14-21(33)15-40-41(35,36)37)13-39-25(34)30-23-9-17-5-2-3-6-18(17)10-28-23/h2-10,20-21,29,33H,11-15H2,1H3,(H,28,30,34)(H2,35,36,37)/t20-,21?/m0/s1. The largest absolute Gasteiger partial charge is 0.469 e. The molecule has 13 nitrogen and oxygen atoms in total. The number of amides is 2. The molecule has 5 N–H and O–H groups in total. The number of hydrazine groups is 1. The Morgan fingerprint density at radius 1 is 1.05 bits per heavy atom. The van der Waals surface area contributed by atoms with Crippen molar-refractivity contribution in [3.05, 3.63) is 71.9 Å². The number of benzene rings is 2. The van der Waals surface area contributed by atoms with E-state index in [1.165, 1.54) is 19.1 Å². The minimum atomic E-state index is -4.82. The van der Waals surface area contributed by atoms with Crippen LogP contribution in [0.25, 0.3) is 10.8 Å². The Balaban J connectivity index is 1.66. The predicted molar refractivity (Wildman–Crippen MR) is 141 cm³/mol. The number of nitrogens with zero attached hydrogens (tertiary/aromatic N) is 2. The van der Waals surface area contributed by atoms with Gasteiger partial charge in [-0.1, -0.05) is 36.4 Å². The Morgan fingerprint density at radius 3 is 2.49 bits per heavy atom. The highest BCUT2D eigenvalue weighted by Gasteiger charge is 2.25. The number of aliphatic hydroxyl groups excluding tert-OH is 1. The number of aliphatic hydroxyl groups is 1. The third kappa shape index (κ3) is 10.4. The number of halogens is 2. The molecule has 3 aromatic rings. The summed E-state index contributed by atoms with van der Waals surface area (Å²) in [6.45, 7) is -1.15. The van der Waals surface area contributed by atoms with Crippen LogP contribution in [-0.4, -0.2) is 75.5 Å². The number of anilines is 1. The van der Waals surface area contributed by atoms with Crippen LogP contribution in [0.15, 0.2) is 54.7 Å². The third-order valence-corrected chi connectivity index (χ3v) is 5.98. The highest BCUT2D eigenvalue weighted by atomic mass is 31.2. The van der Waals surface area contributed by atoms with Crippen molar-refractivity contribution < 1.29 is 51.8 Å². The second kappa shape index (κ2) is 14.9. The molecule has 0 bridgehead atoms. The van der Waals surface area contributed by atoms with Gasteiger partial charge >= 0.3 is 13.9 Å². The second-order valence-electron chi connectivity index (χ2n) is 8.71. The molecule has 1 unspecified atom stereocenters. The van der Waals surface area contributed by atoms with Crippen LogP contribution in [0.2, 0.25) is 0 Å². The molecule has 0 fully saturated rings. The number of phosphoric ester groups is 1. The van der Waals surface area contributed by atoms with E-state index < -0.39 is 63.4 Å².